The van der Waals surface area contributed by atoms with Crippen molar-refractivity contribution < 1.29 is 0 Å². The van der Waals surface area contributed by atoms with Gasteiger partial charge in [0, 0.05) is 6.04 Å². The molecule has 0 saturated heterocycles. The van der Waals surface area contributed by atoms with E-state index in [0.29, 0.717) is 0 Å². The number of hydrogen-bond donors (Lipinski definition) is 1. The third-order valence-corrected chi connectivity index (χ3v) is 4.19. The van der Waals surface area contributed by atoms with Gasteiger partial charge in [0.05, 0.1) is 0 Å². The summed E-state index contributed by atoms with van der Waals surface area (Å²) in [6.45, 7) is 10.5. The molecule has 1 aliphatic rings. The molecule has 1 nitrogen and oxygen atoms in total. The van der Waals surface area contributed by atoms with Crippen LogP contribution in [0.5, 0.6) is 0 Å². The Morgan fingerprint density at radius 1 is 1.21 bits per heavy atom. The molecule has 0 bridgehead atoms. The van der Waals surface area contributed by atoms with Gasteiger partial charge in [-0.05, 0) is 37.1 Å². The van der Waals surface area contributed by atoms with Gasteiger partial charge in [-0.2, -0.15) is 0 Å². The van der Waals surface area contributed by atoms with Gasteiger partial charge in [-0.25, -0.2) is 0 Å². The lowest BCUT2D eigenvalue weighted by atomic mass is 9.70. The first-order valence-corrected chi connectivity index (χ1v) is 6.44. The van der Waals surface area contributed by atoms with Crippen molar-refractivity contribution in [3.05, 3.63) is 0 Å². The van der Waals surface area contributed by atoms with E-state index in [1.165, 1.54) is 25.7 Å². The first-order chi connectivity index (χ1) is 6.70. The molecule has 1 heteroatoms. The molecule has 0 amide bonds. The summed E-state index contributed by atoms with van der Waals surface area (Å²) in [5, 5.41) is 3.65. The van der Waals surface area contributed by atoms with Gasteiger partial charge in [-0.15, -0.1) is 0 Å². The van der Waals surface area contributed by atoms with Crippen LogP contribution in [0.3, 0.4) is 0 Å². The normalized spacial score (nSPS) is 35.6. The summed E-state index contributed by atoms with van der Waals surface area (Å²) in [7, 11) is 0. The highest BCUT2D eigenvalue weighted by molar-refractivity contribution is 4.85. The Labute approximate surface area is 89.7 Å². The first kappa shape index (κ1) is 12.0. The second-order valence-electron chi connectivity index (χ2n) is 5.00. The zero-order chi connectivity index (χ0) is 10.6. The molecule has 1 fully saturated rings. The van der Waals surface area contributed by atoms with E-state index < -0.39 is 0 Å². The van der Waals surface area contributed by atoms with E-state index in [9.17, 15) is 0 Å². The van der Waals surface area contributed by atoms with Gasteiger partial charge < -0.3 is 5.32 Å². The van der Waals surface area contributed by atoms with Crippen LogP contribution in [0.2, 0.25) is 0 Å². The fourth-order valence-electron chi connectivity index (χ4n) is 3.05. The van der Waals surface area contributed by atoms with Crippen molar-refractivity contribution in [3.8, 4) is 0 Å². The highest BCUT2D eigenvalue weighted by Crippen LogP contribution is 2.36. The molecule has 0 aromatic heterocycles. The quantitative estimate of drug-likeness (QED) is 0.728. The lowest BCUT2D eigenvalue weighted by Gasteiger charge is -2.39. The average molecular weight is 197 g/mol. The monoisotopic (exact) mass is 197 g/mol. The smallest absolute Gasteiger partial charge is 0.00952 e. The van der Waals surface area contributed by atoms with Crippen molar-refractivity contribution in [2.45, 2.75) is 59.4 Å². The summed E-state index contributed by atoms with van der Waals surface area (Å²) in [5.74, 6) is 2.76. The molecular weight excluding hydrogens is 170 g/mol. The van der Waals surface area contributed by atoms with Crippen molar-refractivity contribution in [2.75, 3.05) is 6.54 Å². The zero-order valence-corrected chi connectivity index (χ0v) is 10.3. The van der Waals surface area contributed by atoms with Gasteiger partial charge in [0.25, 0.3) is 0 Å². The molecule has 0 aromatic carbocycles. The van der Waals surface area contributed by atoms with E-state index in [2.05, 4.69) is 33.0 Å². The van der Waals surface area contributed by atoms with Crippen molar-refractivity contribution >= 4 is 0 Å². The van der Waals surface area contributed by atoms with Crippen LogP contribution in [-0.2, 0) is 0 Å². The van der Waals surface area contributed by atoms with E-state index in [1.807, 2.05) is 0 Å². The maximum atomic E-state index is 3.65. The van der Waals surface area contributed by atoms with Crippen LogP contribution >= 0.6 is 0 Å². The van der Waals surface area contributed by atoms with Crippen LogP contribution in [0, 0.1) is 17.8 Å². The molecular formula is C13H27N. The third-order valence-electron chi connectivity index (χ3n) is 4.19. The molecule has 84 valence electrons. The molecule has 1 aliphatic carbocycles. The van der Waals surface area contributed by atoms with Crippen LogP contribution in [-0.4, -0.2) is 12.6 Å². The summed E-state index contributed by atoms with van der Waals surface area (Å²) in [5.41, 5.74) is 0. The van der Waals surface area contributed by atoms with Crippen molar-refractivity contribution in [2.24, 2.45) is 17.8 Å². The van der Waals surface area contributed by atoms with Crippen molar-refractivity contribution in [3.63, 3.8) is 0 Å². The lowest BCUT2D eigenvalue weighted by Crippen LogP contribution is -2.41. The number of rotatable bonds is 4. The second kappa shape index (κ2) is 5.75. The van der Waals surface area contributed by atoms with Gasteiger partial charge in [0.1, 0.15) is 0 Å². The van der Waals surface area contributed by atoms with Gasteiger partial charge >= 0.3 is 0 Å². The van der Waals surface area contributed by atoms with E-state index in [0.717, 1.165) is 30.3 Å². The molecule has 14 heavy (non-hydrogen) atoms. The molecule has 0 aromatic rings. The predicted molar refractivity (Wildman–Crippen MR) is 63.4 cm³/mol. The van der Waals surface area contributed by atoms with Crippen molar-refractivity contribution in [1.82, 2.24) is 5.32 Å². The van der Waals surface area contributed by atoms with Crippen LogP contribution in [0.15, 0.2) is 0 Å². The lowest BCUT2D eigenvalue weighted by molar-refractivity contribution is 0.138. The van der Waals surface area contributed by atoms with E-state index in [-0.39, 0.29) is 0 Å². The zero-order valence-electron chi connectivity index (χ0n) is 10.3. The van der Waals surface area contributed by atoms with E-state index in [4.69, 9.17) is 0 Å². The summed E-state index contributed by atoms with van der Waals surface area (Å²) in [6, 6.07) is 0.762. The van der Waals surface area contributed by atoms with Crippen LogP contribution in [0.25, 0.3) is 0 Å². The minimum Gasteiger partial charge on any atom is -0.314 e. The van der Waals surface area contributed by atoms with E-state index in [1.54, 1.807) is 0 Å². The highest BCUT2D eigenvalue weighted by atomic mass is 14.9. The van der Waals surface area contributed by atoms with Crippen LogP contribution in [0.4, 0.5) is 0 Å². The third kappa shape index (κ3) is 2.73. The molecule has 0 spiro atoms. The molecule has 4 atom stereocenters. The maximum Gasteiger partial charge on any atom is 0.00952 e. The fourth-order valence-corrected chi connectivity index (χ4v) is 3.05. The standard InChI is InChI=1S/C13H27N/c1-5-13(14-6-2)12-9-7-8-10(3)11(12)4/h10-14H,5-9H2,1-4H3. The molecule has 1 rings (SSSR count). The fraction of sp³-hybridized carbons (Fsp3) is 1.00. The minimum atomic E-state index is 0.762. The Balaban J connectivity index is 2.54. The van der Waals surface area contributed by atoms with Crippen LogP contribution in [0.1, 0.15) is 53.4 Å². The maximum absolute atomic E-state index is 3.65. The Morgan fingerprint density at radius 3 is 2.50 bits per heavy atom. The van der Waals surface area contributed by atoms with Gasteiger partial charge in [0.2, 0.25) is 0 Å². The summed E-state index contributed by atoms with van der Waals surface area (Å²) >= 11 is 0. The van der Waals surface area contributed by atoms with E-state index >= 15 is 0 Å². The van der Waals surface area contributed by atoms with Crippen LogP contribution < -0.4 is 5.32 Å². The molecule has 4 unspecified atom stereocenters. The number of nitrogens with one attached hydrogen (secondary N) is 1. The Bertz CT molecular complexity index is 155. The SMILES string of the molecule is CCNC(CC)C1CCCC(C)C1C. The molecule has 0 heterocycles. The first-order valence-electron chi connectivity index (χ1n) is 6.44. The second-order valence-corrected chi connectivity index (χ2v) is 5.00. The van der Waals surface area contributed by atoms with Gasteiger partial charge in [-0.3, -0.25) is 0 Å². The minimum absolute atomic E-state index is 0.762. The van der Waals surface area contributed by atoms with Crippen molar-refractivity contribution in [1.29, 1.82) is 0 Å². The van der Waals surface area contributed by atoms with Gasteiger partial charge in [-0.1, -0.05) is 40.5 Å². The highest BCUT2D eigenvalue weighted by Gasteiger charge is 2.31. The average Bonchev–Trinajstić information content (AvgIpc) is 2.19. The Morgan fingerprint density at radius 2 is 1.93 bits per heavy atom. The molecule has 0 aliphatic heterocycles. The number of hydrogen-bond acceptors (Lipinski definition) is 1. The molecule has 0 radical (unpaired) electrons. The largest absolute Gasteiger partial charge is 0.314 e. The summed E-state index contributed by atoms with van der Waals surface area (Å²) < 4.78 is 0. The Hall–Kier alpha value is -0.0400. The summed E-state index contributed by atoms with van der Waals surface area (Å²) in [6.07, 6.45) is 5.62. The van der Waals surface area contributed by atoms with Gasteiger partial charge in [0.15, 0.2) is 0 Å². The topological polar surface area (TPSA) is 12.0 Å². The predicted octanol–water partition coefficient (Wildman–Crippen LogP) is 3.45. The molecule has 1 N–H and O–H groups in total. The Kier molecular flexibility index (Phi) is 4.94. The summed E-state index contributed by atoms with van der Waals surface area (Å²) in [4.78, 5) is 0. The molecule has 1 saturated carbocycles.